The van der Waals surface area contributed by atoms with Crippen molar-refractivity contribution in [2.45, 2.75) is 19.8 Å². The number of benzene rings is 2. The monoisotopic (exact) mass is 353 g/mol. The van der Waals surface area contributed by atoms with E-state index in [1.54, 1.807) is 12.1 Å². The van der Waals surface area contributed by atoms with Crippen LogP contribution < -0.4 is 10.1 Å². The molecule has 3 aromatic rings. The van der Waals surface area contributed by atoms with Crippen molar-refractivity contribution in [2.24, 2.45) is 0 Å². The standard InChI is InChI=1S/C21H20FNO3/c1-2-25-18-9-7-17(8-10-18)23-21(24)14-12-19-11-13-20(26-19)15-3-5-16(22)6-4-15/h3-11,13H,2,12,14H2,1H3,(H,23,24). The minimum Gasteiger partial charge on any atom is -0.494 e. The molecule has 26 heavy (non-hydrogen) atoms. The van der Waals surface area contributed by atoms with Crippen LogP contribution in [0.25, 0.3) is 11.3 Å². The molecule has 3 rings (SSSR count). The summed E-state index contributed by atoms with van der Waals surface area (Å²) in [6.45, 7) is 2.53. The number of nitrogens with one attached hydrogen (secondary N) is 1. The summed E-state index contributed by atoms with van der Waals surface area (Å²) in [6.07, 6.45) is 0.799. The van der Waals surface area contributed by atoms with Crippen LogP contribution in [0.1, 0.15) is 19.1 Å². The van der Waals surface area contributed by atoms with Gasteiger partial charge in [-0.3, -0.25) is 4.79 Å². The molecule has 0 unspecified atom stereocenters. The highest BCUT2D eigenvalue weighted by molar-refractivity contribution is 5.90. The van der Waals surface area contributed by atoms with Crippen LogP contribution in [0.2, 0.25) is 0 Å². The van der Waals surface area contributed by atoms with E-state index in [1.807, 2.05) is 43.3 Å². The Morgan fingerprint density at radius 3 is 2.46 bits per heavy atom. The Labute approximate surface area is 151 Å². The van der Waals surface area contributed by atoms with E-state index in [0.717, 1.165) is 17.0 Å². The molecule has 0 atom stereocenters. The first-order valence-electron chi connectivity index (χ1n) is 8.51. The summed E-state index contributed by atoms with van der Waals surface area (Å²) in [5.74, 6) is 1.77. The van der Waals surface area contributed by atoms with Crippen molar-refractivity contribution in [1.29, 1.82) is 0 Å². The van der Waals surface area contributed by atoms with Gasteiger partial charge in [-0.1, -0.05) is 0 Å². The quantitative estimate of drug-likeness (QED) is 0.646. The van der Waals surface area contributed by atoms with Gasteiger partial charge in [0.25, 0.3) is 0 Å². The number of ether oxygens (including phenoxy) is 1. The van der Waals surface area contributed by atoms with Gasteiger partial charge in [0.15, 0.2) is 0 Å². The molecule has 0 radical (unpaired) electrons. The SMILES string of the molecule is CCOc1ccc(NC(=O)CCc2ccc(-c3ccc(F)cc3)o2)cc1. The molecule has 134 valence electrons. The highest BCUT2D eigenvalue weighted by Gasteiger charge is 2.08. The summed E-state index contributed by atoms with van der Waals surface area (Å²) >= 11 is 0. The number of carbonyl (C=O) groups excluding carboxylic acids is 1. The van der Waals surface area contributed by atoms with Gasteiger partial charge in [0.1, 0.15) is 23.1 Å². The number of hydrogen-bond acceptors (Lipinski definition) is 3. The van der Waals surface area contributed by atoms with E-state index in [4.69, 9.17) is 9.15 Å². The number of carbonyl (C=O) groups is 1. The van der Waals surface area contributed by atoms with Crippen molar-refractivity contribution in [3.63, 3.8) is 0 Å². The van der Waals surface area contributed by atoms with Gasteiger partial charge in [-0.05, 0) is 67.6 Å². The highest BCUT2D eigenvalue weighted by atomic mass is 19.1. The summed E-state index contributed by atoms with van der Waals surface area (Å²) in [6, 6.07) is 17.0. The van der Waals surface area contributed by atoms with Crippen molar-refractivity contribution in [3.05, 3.63) is 72.2 Å². The largest absolute Gasteiger partial charge is 0.494 e. The van der Waals surface area contributed by atoms with Gasteiger partial charge < -0.3 is 14.5 Å². The van der Waals surface area contributed by atoms with E-state index in [1.165, 1.54) is 12.1 Å². The lowest BCUT2D eigenvalue weighted by Crippen LogP contribution is -2.12. The normalized spacial score (nSPS) is 10.5. The van der Waals surface area contributed by atoms with E-state index in [2.05, 4.69) is 5.32 Å². The summed E-state index contributed by atoms with van der Waals surface area (Å²) in [5, 5.41) is 2.85. The molecule has 0 bridgehead atoms. The lowest BCUT2D eigenvalue weighted by molar-refractivity contribution is -0.116. The van der Waals surface area contributed by atoms with Crippen molar-refractivity contribution in [1.82, 2.24) is 0 Å². The van der Waals surface area contributed by atoms with Gasteiger partial charge in [0, 0.05) is 24.1 Å². The first-order chi connectivity index (χ1) is 12.6. The lowest BCUT2D eigenvalue weighted by atomic mass is 10.2. The van der Waals surface area contributed by atoms with Gasteiger partial charge in [-0.2, -0.15) is 0 Å². The second kappa shape index (κ2) is 8.34. The Bertz CT molecular complexity index is 854. The van der Waals surface area contributed by atoms with Crippen molar-refractivity contribution >= 4 is 11.6 Å². The Hall–Kier alpha value is -3.08. The van der Waals surface area contributed by atoms with Gasteiger partial charge in [0.05, 0.1) is 6.61 Å². The number of hydrogen-bond donors (Lipinski definition) is 1. The Kier molecular flexibility index (Phi) is 5.69. The van der Waals surface area contributed by atoms with Crippen molar-refractivity contribution in [2.75, 3.05) is 11.9 Å². The third kappa shape index (κ3) is 4.72. The van der Waals surface area contributed by atoms with E-state index in [-0.39, 0.29) is 11.7 Å². The predicted molar refractivity (Wildman–Crippen MR) is 98.7 cm³/mol. The molecule has 0 aliphatic carbocycles. The molecular formula is C21H20FNO3. The van der Waals surface area contributed by atoms with Crippen molar-refractivity contribution < 1.29 is 18.3 Å². The first kappa shape index (κ1) is 17.7. The third-order valence-electron chi connectivity index (χ3n) is 3.84. The fourth-order valence-electron chi connectivity index (χ4n) is 2.54. The number of furan rings is 1. The van der Waals surface area contributed by atoms with E-state index < -0.39 is 0 Å². The summed E-state index contributed by atoms with van der Waals surface area (Å²) in [5.41, 5.74) is 1.53. The third-order valence-corrected chi connectivity index (χ3v) is 3.84. The Morgan fingerprint density at radius 1 is 1.04 bits per heavy atom. The molecule has 0 saturated heterocycles. The van der Waals surface area contributed by atoms with E-state index in [9.17, 15) is 9.18 Å². The van der Waals surface area contributed by atoms with Crippen LogP contribution in [0.15, 0.2) is 65.1 Å². The zero-order chi connectivity index (χ0) is 18.4. The number of aryl methyl sites for hydroxylation is 1. The predicted octanol–water partition coefficient (Wildman–Crippen LogP) is 5.06. The van der Waals surface area contributed by atoms with Gasteiger partial charge in [-0.15, -0.1) is 0 Å². The van der Waals surface area contributed by atoms with Crippen LogP contribution in [0.5, 0.6) is 5.75 Å². The maximum absolute atomic E-state index is 13.0. The average molecular weight is 353 g/mol. The molecular weight excluding hydrogens is 333 g/mol. The minimum atomic E-state index is -0.286. The van der Waals surface area contributed by atoms with Crippen LogP contribution >= 0.6 is 0 Å². The summed E-state index contributed by atoms with van der Waals surface area (Å²) in [4.78, 5) is 12.1. The van der Waals surface area contributed by atoms with Gasteiger partial charge >= 0.3 is 0 Å². The van der Waals surface area contributed by atoms with Gasteiger partial charge in [0.2, 0.25) is 5.91 Å². The number of amides is 1. The Morgan fingerprint density at radius 2 is 1.77 bits per heavy atom. The summed E-state index contributed by atoms with van der Waals surface area (Å²) in [7, 11) is 0. The molecule has 1 amide bonds. The lowest BCUT2D eigenvalue weighted by Gasteiger charge is -2.06. The molecule has 1 aromatic heterocycles. The number of halogens is 1. The fourth-order valence-corrected chi connectivity index (χ4v) is 2.54. The molecule has 5 heteroatoms. The molecule has 0 fully saturated rings. The van der Waals surface area contributed by atoms with E-state index >= 15 is 0 Å². The number of anilines is 1. The zero-order valence-corrected chi connectivity index (χ0v) is 14.5. The first-order valence-corrected chi connectivity index (χ1v) is 8.51. The second-order valence-electron chi connectivity index (χ2n) is 5.78. The van der Waals surface area contributed by atoms with Crippen LogP contribution in [0.3, 0.4) is 0 Å². The molecule has 0 aliphatic rings. The highest BCUT2D eigenvalue weighted by Crippen LogP contribution is 2.23. The van der Waals surface area contributed by atoms with E-state index in [0.29, 0.717) is 31.0 Å². The molecule has 1 heterocycles. The minimum absolute atomic E-state index is 0.0890. The second-order valence-corrected chi connectivity index (χ2v) is 5.78. The molecule has 4 nitrogen and oxygen atoms in total. The van der Waals surface area contributed by atoms with Crippen LogP contribution in [-0.4, -0.2) is 12.5 Å². The topological polar surface area (TPSA) is 51.5 Å². The van der Waals surface area contributed by atoms with Crippen LogP contribution in [0, 0.1) is 5.82 Å². The van der Waals surface area contributed by atoms with Crippen LogP contribution in [0.4, 0.5) is 10.1 Å². The van der Waals surface area contributed by atoms with Crippen molar-refractivity contribution in [3.8, 4) is 17.1 Å². The van der Waals surface area contributed by atoms with Crippen LogP contribution in [-0.2, 0) is 11.2 Å². The zero-order valence-electron chi connectivity index (χ0n) is 14.5. The Balaban J connectivity index is 1.52. The average Bonchev–Trinajstić information content (AvgIpc) is 3.11. The number of rotatable bonds is 7. The smallest absolute Gasteiger partial charge is 0.224 e. The molecule has 0 aliphatic heterocycles. The summed E-state index contributed by atoms with van der Waals surface area (Å²) < 4.78 is 24.1. The molecule has 2 aromatic carbocycles. The fraction of sp³-hybridized carbons (Fsp3) is 0.190. The molecule has 0 spiro atoms. The van der Waals surface area contributed by atoms with Gasteiger partial charge in [-0.25, -0.2) is 4.39 Å². The molecule has 1 N–H and O–H groups in total. The maximum Gasteiger partial charge on any atom is 0.224 e. The maximum atomic E-state index is 13.0. The molecule has 0 saturated carbocycles.